The molecule has 0 spiro atoms. The molecule has 1 aromatic rings. The third kappa shape index (κ3) is 4.66. The lowest BCUT2D eigenvalue weighted by molar-refractivity contribution is 0.239. The molecule has 2 aliphatic carbocycles. The Labute approximate surface area is 184 Å². The second kappa shape index (κ2) is 9.55. The number of hydrogen-bond acceptors (Lipinski definition) is 5. The number of rotatable bonds is 7. The summed E-state index contributed by atoms with van der Waals surface area (Å²) in [6.45, 7) is 0.352. The number of thiocarbonyl (C=S) groups is 2. The third-order valence-electron chi connectivity index (χ3n) is 5.92. The van der Waals surface area contributed by atoms with Gasteiger partial charge in [-0.3, -0.25) is 4.98 Å². The van der Waals surface area contributed by atoms with E-state index >= 15 is 0 Å². The van der Waals surface area contributed by atoms with Crippen molar-refractivity contribution < 1.29 is 8.42 Å². The van der Waals surface area contributed by atoms with E-state index in [1.807, 2.05) is 25.4 Å². The van der Waals surface area contributed by atoms with Crippen LogP contribution in [0.5, 0.6) is 0 Å². The van der Waals surface area contributed by atoms with Crippen molar-refractivity contribution in [3.8, 4) is 0 Å². The van der Waals surface area contributed by atoms with E-state index in [1.165, 1.54) is 0 Å². The van der Waals surface area contributed by atoms with Crippen LogP contribution in [0.3, 0.4) is 0 Å². The number of hydrogen-bond donors (Lipinski definition) is 2. The lowest BCUT2D eigenvalue weighted by Gasteiger charge is -2.45. The first-order chi connectivity index (χ1) is 13.9. The molecular weight excluding hydrogens is 422 g/mol. The summed E-state index contributed by atoms with van der Waals surface area (Å²) in [6, 6.07) is 4.02. The first-order valence-electron chi connectivity index (χ1n) is 9.94. The molecule has 2 atom stereocenters. The highest BCUT2D eigenvalue weighted by Crippen LogP contribution is 2.46. The van der Waals surface area contributed by atoms with Gasteiger partial charge in [-0.1, -0.05) is 55.5 Å². The summed E-state index contributed by atoms with van der Waals surface area (Å²) in [5.41, 5.74) is 0.790. The Kier molecular flexibility index (Phi) is 7.32. The van der Waals surface area contributed by atoms with Gasteiger partial charge in [-0.15, -0.1) is 0 Å². The van der Waals surface area contributed by atoms with Crippen LogP contribution in [0.25, 0.3) is 0 Å². The fourth-order valence-corrected chi connectivity index (χ4v) is 6.57. The quantitative estimate of drug-likeness (QED) is 0.620. The van der Waals surface area contributed by atoms with E-state index < -0.39 is 10.0 Å². The Morgan fingerprint density at radius 2 is 2.21 bits per heavy atom. The number of pyridine rings is 1. The maximum atomic E-state index is 12.7. The van der Waals surface area contributed by atoms with Gasteiger partial charge < -0.3 is 5.32 Å². The van der Waals surface area contributed by atoms with E-state index in [0.29, 0.717) is 24.3 Å². The van der Waals surface area contributed by atoms with Crippen molar-refractivity contribution in [2.45, 2.75) is 43.9 Å². The summed E-state index contributed by atoms with van der Waals surface area (Å²) in [6.07, 6.45) is 14.2. The summed E-state index contributed by atoms with van der Waals surface area (Å²) < 4.78 is 28.2. The van der Waals surface area contributed by atoms with Crippen molar-refractivity contribution in [1.82, 2.24) is 15.0 Å². The molecule has 0 radical (unpaired) electrons. The minimum atomic E-state index is -3.60. The molecule has 0 saturated heterocycles. The van der Waals surface area contributed by atoms with Gasteiger partial charge >= 0.3 is 0 Å². The number of allylic oxidation sites excluding steroid dienone is 4. The summed E-state index contributed by atoms with van der Waals surface area (Å²) in [4.78, 5) is 5.79. The van der Waals surface area contributed by atoms with Crippen molar-refractivity contribution in [3.05, 3.63) is 53.2 Å². The molecule has 0 unspecified atom stereocenters. The van der Waals surface area contributed by atoms with Crippen molar-refractivity contribution in [1.29, 1.82) is 0 Å². The van der Waals surface area contributed by atoms with Gasteiger partial charge in [0, 0.05) is 42.7 Å². The molecule has 8 heteroatoms. The van der Waals surface area contributed by atoms with Crippen LogP contribution in [0.15, 0.2) is 47.7 Å². The second-order valence-corrected chi connectivity index (χ2v) is 10.1. The highest BCUT2D eigenvalue weighted by Gasteiger charge is 2.45. The van der Waals surface area contributed by atoms with Gasteiger partial charge in [0.25, 0.3) is 0 Å². The largest absolute Gasteiger partial charge is 0.382 e. The SMILES string of the molecule is CNC(=S)[C@]1(c2cccnc2)CCCC[C@H]1CCNS(=O)(=O)C1=CC=CCC1=S. The van der Waals surface area contributed by atoms with Gasteiger partial charge in [0.05, 0.1) is 9.89 Å². The van der Waals surface area contributed by atoms with Crippen LogP contribution in [0, 0.1) is 5.92 Å². The van der Waals surface area contributed by atoms with Crippen LogP contribution < -0.4 is 10.0 Å². The molecule has 2 aliphatic rings. The van der Waals surface area contributed by atoms with Crippen LogP contribution in [-0.4, -0.2) is 36.8 Å². The average molecular weight is 450 g/mol. The van der Waals surface area contributed by atoms with Crippen LogP contribution in [0.4, 0.5) is 0 Å². The highest BCUT2D eigenvalue weighted by atomic mass is 32.2. The molecule has 1 saturated carbocycles. The molecule has 0 aliphatic heterocycles. The average Bonchev–Trinajstić information content (AvgIpc) is 2.74. The van der Waals surface area contributed by atoms with E-state index in [9.17, 15) is 8.42 Å². The van der Waals surface area contributed by atoms with Gasteiger partial charge in [0.15, 0.2) is 0 Å². The van der Waals surface area contributed by atoms with Gasteiger partial charge in [-0.25, -0.2) is 13.1 Å². The number of aromatic nitrogens is 1. The molecular formula is C21H27N3O2S3. The molecule has 5 nitrogen and oxygen atoms in total. The number of nitrogens with one attached hydrogen (secondary N) is 2. The Balaban J connectivity index is 1.79. The first kappa shape index (κ1) is 22.2. The van der Waals surface area contributed by atoms with Crippen molar-refractivity contribution in [2.75, 3.05) is 13.6 Å². The molecule has 2 N–H and O–H groups in total. The lowest BCUT2D eigenvalue weighted by atomic mass is 9.61. The Morgan fingerprint density at radius 3 is 2.90 bits per heavy atom. The molecule has 29 heavy (non-hydrogen) atoms. The molecule has 0 amide bonds. The standard InChI is InChI=1S/C21H27N3O2S3/c1-22-20(28)21(17-8-6-13-23-15-17)12-5-4-7-16(21)11-14-24-29(25,26)19-10-3-2-9-18(19)27/h2-3,6,8,10,13,15-16,24H,4-5,7,9,11-12,14H2,1H3,(H,22,28)/t16-,21+/m0/s1. The zero-order valence-corrected chi connectivity index (χ0v) is 19.0. The molecule has 156 valence electrons. The minimum absolute atomic E-state index is 0.211. The van der Waals surface area contributed by atoms with E-state index in [1.54, 1.807) is 18.3 Å². The predicted molar refractivity (Wildman–Crippen MR) is 126 cm³/mol. The summed E-state index contributed by atoms with van der Waals surface area (Å²) in [7, 11) is -1.74. The third-order valence-corrected chi connectivity index (χ3v) is 8.55. The minimum Gasteiger partial charge on any atom is -0.382 e. The van der Waals surface area contributed by atoms with E-state index in [0.717, 1.165) is 36.2 Å². The zero-order chi connectivity index (χ0) is 20.9. The maximum Gasteiger partial charge on any atom is 0.241 e. The molecule has 1 heterocycles. The highest BCUT2D eigenvalue weighted by molar-refractivity contribution is 7.96. The van der Waals surface area contributed by atoms with Gasteiger partial charge in [0.1, 0.15) is 0 Å². The summed E-state index contributed by atoms with van der Waals surface area (Å²) >= 11 is 11.0. The lowest BCUT2D eigenvalue weighted by Crippen LogP contribution is -2.50. The molecule has 1 aromatic heterocycles. The monoisotopic (exact) mass is 449 g/mol. The fraction of sp³-hybridized carbons (Fsp3) is 0.476. The number of likely N-dealkylation sites (N-methyl/N-ethyl adjacent to an activating group) is 1. The summed E-state index contributed by atoms with van der Waals surface area (Å²) in [5.74, 6) is 0.232. The second-order valence-electron chi connectivity index (χ2n) is 7.51. The maximum absolute atomic E-state index is 12.7. The topological polar surface area (TPSA) is 71.1 Å². The molecule has 0 aromatic carbocycles. The van der Waals surface area contributed by atoms with Gasteiger partial charge in [0.2, 0.25) is 10.0 Å². The van der Waals surface area contributed by atoms with Crippen molar-refractivity contribution in [3.63, 3.8) is 0 Å². The predicted octanol–water partition coefficient (Wildman–Crippen LogP) is 3.58. The fourth-order valence-electron chi connectivity index (χ4n) is 4.50. The van der Waals surface area contributed by atoms with Crippen LogP contribution in [-0.2, 0) is 15.4 Å². The molecule has 0 bridgehead atoms. The van der Waals surface area contributed by atoms with E-state index in [4.69, 9.17) is 24.4 Å². The Bertz CT molecular complexity index is 926. The number of sulfonamides is 1. The van der Waals surface area contributed by atoms with Crippen molar-refractivity contribution >= 4 is 44.3 Å². The normalized spacial score (nSPS) is 24.8. The number of nitrogens with zero attached hydrogens (tertiary/aromatic N) is 1. The zero-order valence-electron chi connectivity index (χ0n) is 16.6. The Hall–Kier alpha value is -1.48. The summed E-state index contributed by atoms with van der Waals surface area (Å²) in [5, 5.41) is 3.20. The van der Waals surface area contributed by atoms with Crippen LogP contribution >= 0.6 is 24.4 Å². The van der Waals surface area contributed by atoms with Crippen LogP contribution in [0.1, 0.15) is 44.1 Å². The van der Waals surface area contributed by atoms with E-state index in [2.05, 4.69) is 21.1 Å². The molecule has 3 rings (SSSR count). The molecule has 1 fully saturated rings. The van der Waals surface area contributed by atoms with Crippen molar-refractivity contribution in [2.24, 2.45) is 5.92 Å². The smallest absolute Gasteiger partial charge is 0.241 e. The van der Waals surface area contributed by atoms with Gasteiger partial charge in [-0.05, 0) is 42.9 Å². The van der Waals surface area contributed by atoms with Crippen LogP contribution in [0.2, 0.25) is 0 Å². The van der Waals surface area contributed by atoms with Gasteiger partial charge in [-0.2, -0.15) is 0 Å². The Morgan fingerprint density at radius 1 is 1.38 bits per heavy atom. The van der Waals surface area contributed by atoms with E-state index in [-0.39, 0.29) is 16.2 Å². The first-order valence-corrected chi connectivity index (χ1v) is 12.2.